The zero-order chi connectivity index (χ0) is 38.6. The summed E-state index contributed by atoms with van der Waals surface area (Å²) in [5, 5.41) is 16.9. The molecular weight excluding hydrogens is 955 g/mol. The fourth-order valence-electron chi connectivity index (χ4n) is 9.86. The first kappa shape index (κ1) is 44.0. The summed E-state index contributed by atoms with van der Waals surface area (Å²) in [6.07, 6.45) is 5.38. The first-order valence-corrected chi connectivity index (χ1v) is 31.3. The molecule has 0 saturated heterocycles. The predicted molar refractivity (Wildman–Crippen MR) is 272 cm³/mol. The summed E-state index contributed by atoms with van der Waals surface area (Å²) >= 11 is 11.1. The molecule has 0 bridgehead atoms. The monoisotopic (exact) mass is 998 g/mol. The van der Waals surface area contributed by atoms with Crippen LogP contribution in [-0.4, -0.2) is 10.5 Å². The minimum absolute atomic E-state index is 0. The molecule has 9 heteroatoms. The van der Waals surface area contributed by atoms with Gasteiger partial charge in [0.05, 0.1) is 0 Å². The average molecular weight is 1000 g/mol. The van der Waals surface area contributed by atoms with Gasteiger partial charge in [0.2, 0.25) is 0 Å². The Bertz CT molecular complexity index is 2610. The van der Waals surface area contributed by atoms with E-state index in [0.29, 0.717) is 11.8 Å². The van der Waals surface area contributed by atoms with Gasteiger partial charge >= 0.3 is 37.9 Å². The van der Waals surface area contributed by atoms with Crippen LogP contribution in [0.5, 0.6) is 0 Å². The molecule has 0 N–H and O–H groups in total. The van der Waals surface area contributed by atoms with Crippen molar-refractivity contribution in [1.82, 2.24) is 0 Å². The molecule has 6 heterocycles. The summed E-state index contributed by atoms with van der Waals surface area (Å²) < 4.78 is 5.63. The van der Waals surface area contributed by atoms with Crippen molar-refractivity contribution < 1.29 is 20.8 Å². The number of rotatable bonds is 4. The van der Waals surface area contributed by atoms with E-state index in [2.05, 4.69) is 156 Å². The molecule has 8 aromatic rings. The molecule has 6 atom stereocenters. The summed E-state index contributed by atoms with van der Waals surface area (Å²) in [5.74, 6) is 3.09. The van der Waals surface area contributed by atoms with Crippen molar-refractivity contribution in [2.75, 3.05) is 0 Å². The van der Waals surface area contributed by atoms with Gasteiger partial charge in [0, 0.05) is 71.8 Å². The van der Waals surface area contributed by atoms with Gasteiger partial charge in [0.25, 0.3) is 0 Å². The molecule has 2 aliphatic heterocycles. The molecule has 2 saturated carbocycles. The summed E-state index contributed by atoms with van der Waals surface area (Å²) in [4.78, 5) is 3.11. The Kier molecular flexibility index (Phi) is 14.2. The van der Waals surface area contributed by atoms with E-state index in [1.807, 2.05) is 45.3 Å². The van der Waals surface area contributed by atoms with Gasteiger partial charge < -0.3 is 14.9 Å². The quantitative estimate of drug-likeness (QED) is 0.161. The van der Waals surface area contributed by atoms with Crippen LogP contribution in [0.1, 0.15) is 61.8 Å². The van der Waals surface area contributed by atoms with E-state index in [4.69, 9.17) is 17.0 Å². The zero-order valence-electron chi connectivity index (χ0n) is 33.5. The Labute approximate surface area is 393 Å². The van der Waals surface area contributed by atoms with E-state index >= 15 is 0 Å². The van der Waals surface area contributed by atoms with Crippen LogP contribution in [0.2, 0.25) is 0 Å². The molecule has 4 aromatic carbocycles. The molecule has 0 amide bonds. The summed E-state index contributed by atoms with van der Waals surface area (Å²) in [7, 11) is 9.87. The Morgan fingerprint density at radius 3 is 1.07 bits per heavy atom. The predicted octanol–water partition coefficient (Wildman–Crippen LogP) is 18.6. The summed E-state index contributed by atoms with van der Waals surface area (Å²) in [5.41, 5.74) is 9.19. The van der Waals surface area contributed by atoms with Crippen molar-refractivity contribution in [2.45, 2.75) is 50.0 Å². The molecule has 2 fully saturated rings. The number of thioether (sulfide) groups is 2. The molecule has 6 unspecified atom stereocenters. The summed E-state index contributed by atoms with van der Waals surface area (Å²) in [6.45, 7) is 4.86. The normalized spacial score (nSPS) is 23.1. The van der Waals surface area contributed by atoms with Gasteiger partial charge in [-0.05, 0) is 117 Å². The maximum absolute atomic E-state index is 4.93. The number of benzene rings is 4. The number of hydrogen-bond acceptors (Lipinski definition) is 6. The molecular formula is C50H46Cl2S6Zr. The third-order valence-corrected chi connectivity index (χ3v) is 19.1. The second kappa shape index (κ2) is 19.0. The van der Waals surface area contributed by atoms with Crippen LogP contribution in [0.15, 0.2) is 119 Å². The Morgan fingerprint density at radius 1 is 0.441 bits per heavy atom. The molecule has 0 nitrogen and oxygen atoms in total. The Morgan fingerprint density at radius 2 is 0.729 bits per heavy atom. The fraction of sp³-hybridized carbons (Fsp3) is 0.240. The van der Waals surface area contributed by atoms with E-state index in [1.165, 1.54) is 88.3 Å². The zero-order valence-corrected chi connectivity index (χ0v) is 42.4. The van der Waals surface area contributed by atoms with Crippen LogP contribution < -0.4 is 0 Å². The van der Waals surface area contributed by atoms with Crippen LogP contribution in [-0.2, 0) is 20.8 Å². The van der Waals surface area contributed by atoms with Crippen LogP contribution in [0.3, 0.4) is 0 Å². The molecule has 4 aromatic heterocycles. The van der Waals surface area contributed by atoms with Crippen molar-refractivity contribution in [2.24, 2.45) is 23.7 Å². The first-order valence-electron chi connectivity index (χ1n) is 19.6. The van der Waals surface area contributed by atoms with Crippen LogP contribution >= 0.6 is 85.9 Å². The Balaban J connectivity index is 0.000000149. The van der Waals surface area contributed by atoms with E-state index in [-0.39, 0.29) is 14.9 Å². The number of halogens is 2. The molecule has 300 valence electrons. The van der Waals surface area contributed by atoms with Gasteiger partial charge in [0.1, 0.15) is 0 Å². The number of allylic oxidation sites excluding steroid dienone is 2. The first-order chi connectivity index (χ1) is 28.0. The average Bonchev–Trinajstić information content (AvgIpc) is 4.09. The van der Waals surface area contributed by atoms with Crippen molar-refractivity contribution in [1.29, 1.82) is 0 Å². The van der Waals surface area contributed by atoms with Crippen LogP contribution in [0.4, 0.5) is 0 Å². The minimum atomic E-state index is -0.826. The number of fused-ring (bicyclic) bond motifs is 6. The van der Waals surface area contributed by atoms with E-state index in [1.54, 1.807) is 21.0 Å². The number of thiophene rings is 4. The second-order valence-corrected chi connectivity index (χ2v) is 25.7. The molecule has 12 rings (SSSR count). The van der Waals surface area contributed by atoms with Gasteiger partial charge in [-0.3, -0.25) is 0 Å². The van der Waals surface area contributed by atoms with Crippen LogP contribution in [0.25, 0.3) is 61.3 Å². The van der Waals surface area contributed by atoms with E-state index in [0.717, 1.165) is 22.3 Å². The van der Waals surface area contributed by atoms with E-state index in [9.17, 15) is 0 Å². The molecule has 0 radical (unpaired) electrons. The van der Waals surface area contributed by atoms with Crippen molar-refractivity contribution in [3.05, 3.63) is 156 Å². The molecule has 2 aliphatic carbocycles. The van der Waals surface area contributed by atoms with Gasteiger partial charge in [-0.25, -0.2) is 0 Å². The van der Waals surface area contributed by atoms with Gasteiger partial charge in [-0.1, -0.05) is 86.6 Å². The van der Waals surface area contributed by atoms with Crippen molar-refractivity contribution in [3.8, 4) is 0 Å². The topological polar surface area (TPSA) is 0 Å². The standard InChI is InChI=1S/2C24H20S3.2CH3.2ClH.Zr/c2*1-14-10-17-22(11-14)27-24(19-13-26-21-9-5-3-7-16(19)21)23(17)18-12-25-20-8-4-2-6-15(18)20;;;;;/h2*2-9,12-14,17,22H,10-11H2,1H3;2*1H3;2*1H;/q;;2*-1;;;+4/p-2. The second-order valence-electron chi connectivity index (χ2n) is 15.8. The third-order valence-electron chi connectivity index (χ3n) is 12.2. The molecule has 0 spiro atoms. The maximum atomic E-state index is 4.93. The van der Waals surface area contributed by atoms with Crippen molar-refractivity contribution in [3.63, 3.8) is 0 Å². The van der Waals surface area contributed by atoms with E-state index < -0.39 is 20.8 Å². The van der Waals surface area contributed by atoms with Crippen molar-refractivity contribution >= 4 is 147 Å². The van der Waals surface area contributed by atoms with Crippen LogP contribution in [0, 0.1) is 38.5 Å². The molecule has 4 aliphatic rings. The molecule has 59 heavy (non-hydrogen) atoms. The fourth-order valence-corrected chi connectivity index (χ4v) is 17.5. The third kappa shape index (κ3) is 8.22. The Hall–Kier alpha value is -1.64. The number of hydrogen-bond donors (Lipinski definition) is 0. The van der Waals surface area contributed by atoms with Gasteiger partial charge in [-0.15, -0.1) is 68.9 Å². The van der Waals surface area contributed by atoms with Gasteiger partial charge in [0.15, 0.2) is 0 Å². The van der Waals surface area contributed by atoms with Gasteiger partial charge in [-0.2, -0.15) is 0 Å². The SMILES string of the molecule is CC1CC2SC(c3csc4ccccc34)=C(c3csc4ccccc34)C2C1.CC1CC2SC(c3csc4ccccc34)=C(c3csc4ccccc34)C2C1.[CH3-].[CH3-].[Cl][Zr+2][Cl]. The summed E-state index contributed by atoms with van der Waals surface area (Å²) in [6, 6.07) is 35.6.